The molecule has 0 aliphatic rings. The molecule has 0 amide bonds. The Morgan fingerprint density at radius 1 is 1.50 bits per heavy atom. The molecule has 0 aromatic carbocycles. The first-order valence-corrected chi connectivity index (χ1v) is 5.99. The first-order valence-electron chi connectivity index (χ1n) is 5.20. The number of nitrogens with one attached hydrogen (secondary N) is 1. The smallest absolute Gasteiger partial charge is 0.0635 e. The number of hydrogen-bond donors (Lipinski definition) is 1. The number of hydrogen-bond acceptors (Lipinski definition) is 2. The summed E-state index contributed by atoms with van der Waals surface area (Å²) in [4.78, 5) is 0. The number of rotatable bonds is 6. The minimum absolute atomic E-state index is 0.947. The zero-order chi connectivity index (χ0) is 10.4. The summed E-state index contributed by atoms with van der Waals surface area (Å²) in [6, 6.07) is 0. The van der Waals surface area contributed by atoms with E-state index in [4.69, 9.17) is 0 Å². The predicted octanol–water partition coefficient (Wildman–Crippen LogP) is 2.21. The lowest BCUT2D eigenvalue weighted by Gasteiger charge is -2.05. The molecule has 0 spiro atoms. The van der Waals surface area contributed by atoms with Crippen molar-refractivity contribution in [2.24, 2.45) is 0 Å². The summed E-state index contributed by atoms with van der Waals surface area (Å²) < 4.78 is 3.19. The fourth-order valence-electron chi connectivity index (χ4n) is 1.47. The number of aryl methyl sites for hydroxylation is 1. The van der Waals surface area contributed by atoms with Crippen molar-refractivity contribution in [1.29, 1.82) is 0 Å². The van der Waals surface area contributed by atoms with E-state index in [1.54, 1.807) is 0 Å². The minimum atomic E-state index is 0.947. The number of halogens is 1. The molecule has 1 heterocycles. The molecule has 4 heteroatoms. The zero-order valence-corrected chi connectivity index (χ0v) is 10.5. The average Bonchev–Trinajstić information content (AvgIpc) is 2.55. The summed E-state index contributed by atoms with van der Waals surface area (Å²) in [5.41, 5.74) is 1.31. The number of nitrogens with zero attached hydrogens (tertiary/aromatic N) is 2. The topological polar surface area (TPSA) is 29.9 Å². The normalized spacial score (nSPS) is 10.8. The zero-order valence-electron chi connectivity index (χ0n) is 8.89. The molecule has 0 saturated carbocycles. The molecule has 1 N–H and O–H groups in total. The Balaban J connectivity index is 2.44. The predicted molar refractivity (Wildman–Crippen MR) is 62.5 cm³/mol. The van der Waals surface area contributed by atoms with Gasteiger partial charge in [0, 0.05) is 6.54 Å². The van der Waals surface area contributed by atoms with Crippen LogP contribution >= 0.6 is 15.9 Å². The summed E-state index contributed by atoms with van der Waals surface area (Å²) in [6.07, 6.45) is 4.13. The Bertz CT molecular complexity index is 270. The SMILES string of the molecule is CCNCCCc1c(Br)cnn1CC. The summed E-state index contributed by atoms with van der Waals surface area (Å²) in [6.45, 7) is 7.33. The van der Waals surface area contributed by atoms with E-state index in [9.17, 15) is 0 Å². The highest BCUT2D eigenvalue weighted by atomic mass is 79.9. The van der Waals surface area contributed by atoms with E-state index in [-0.39, 0.29) is 0 Å². The largest absolute Gasteiger partial charge is 0.317 e. The molecule has 0 saturated heterocycles. The summed E-state index contributed by atoms with van der Waals surface area (Å²) in [7, 11) is 0. The van der Waals surface area contributed by atoms with Crippen molar-refractivity contribution in [1.82, 2.24) is 15.1 Å². The fraction of sp³-hybridized carbons (Fsp3) is 0.700. The van der Waals surface area contributed by atoms with E-state index < -0.39 is 0 Å². The molecule has 1 aromatic rings. The fourth-order valence-corrected chi connectivity index (χ4v) is 1.96. The van der Waals surface area contributed by atoms with Gasteiger partial charge in [0.05, 0.1) is 16.4 Å². The van der Waals surface area contributed by atoms with Gasteiger partial charge in [-0.2, -0.15) is 5.10 Å². The van der Waals surface area contributed by atoms with E-state index in [0.717, 1.165) is 36.9 Å². The third-order valence-electron chi connectivity index (χ3n) is 2.21. The van der Waals surface area contributed by atoms with Gasteiger partial charge < -0.3 is 5.32 Å². The highest BCUT2D eigenvalue weighted by Crippen LogP contribution is 2.17. The second-order valence-corrected chi connectivity index (χ2v) is 4.07. The standard InChI is InChI=1S/C10H18BrN3/c1-3-12-7-5-6-10-9(11)8-13-14(10)4-2/h8,12H,3-7H2,1-2H3. The molecule has 0 bridgehead atoms. The van der Waals surface area contributed by atoms with Gasteiger partial charge >= 0.3 is 0 Å². The Hall–Kier alpha value is -0.350. The lowest BCUT2D eigenvalue weighted by molar-refractivity contribution is 0.594. The molecule has 0 aliphatic heterocycles. The molecular formula is C10H18BrN3. The van der Waals surface area contributed by atoms with E-state index >= 15 is 0 Å². The van der Waals surface area contributed by atoms with E-state index in [0.29, 0.717) is 0 Å². The van der Waals surface area contributed by atoms with E-state index in [2.05, 4.69) is 44.9 Å². The molecule has 0 aliphatic carbocycles. The van der Waals surface area contributed by atoms with Crippen LogP contribution in [0.2, 0.25) is 0 Å². The molecule has 0 radical (unpaired) electrons. The highest BCUT2D eigenvalue weighted by Gasteiger charge is 2.06. The van der Waals surface area contributed by atoms with Crippen molar-refractivity contribution >= 4 is 15.9 Å². The summed E-state index contributed by atoms with van der Waals surface area (Å²) in [5.74, 6) is 0. The van der Waals surface area contributed by atoms with Crippen LogP contribution in [-0.4, -0.2) is 22.9 Å². The molecular weight excluding hydrogens is 242 g/mol. The monoisotopic (exact) mass is 259 g/mol. The van der Waals surface area contributed by atoms with E-state index in [1.165, 1.54) is 5.69 Å². The highest BCUT2D eigenvalue weighted by molar-refractivity contribution is 9.10. The van der Waals surface area contributed by atoms with Gasteiger partial charge in [0.1, 0.15) is 0 Å². The molecule has 0 atom stereocenters. The van der Waals surface area contributed by atoms with Crippen molar-refractivity contribution < 1.29 is 0 Å². The molecule has 1 rings (SSSR count). The molecule has 1 aromatic heterocycles. The van der Waals surface area contributed by atoms with Gasteiger partial charge in [0.2, 0.25) is 0 Å². The molecule has 0 unspecified atom stereocenters. The third-order valence-corrected chi connectivity index (χ3v) is 2.88. The lowest BCUT2D eigenvalue weighted by Crippen LogP contribution is -2.15. The van der Waals surface area contributed by atoms with Crippen molar-refractivity contribution in [2.75, 3.05) is 13.1 Å². The second-order valence-electron chi connectivity index (χ2n) is 3.21. The van der Waals surface area contributed by atoms with Gasteiger partial charge in [0.15, 0.2) is 0 Å². The van der Waals surface area contributed by atoms with Gasteiger partial charge in [-0.05, 0) is 48.8 Å². The van der Waals surface area contributed by atoms with Gasteiger partial charge in [-0.1, -0.05) is 6.92 Å². The van der Waals surface area contributed by atoms with Gasteiger partial charge in [-0.3, -0.25) is 4.68 Å². The Kier molecular flexibility index (Phi) is 5.19. The lowest BCUT2D eigenvalue weighted by atomic mass is 10.2. The summed E-state index contributed by atoms with van der Waals surface area (Å²) >= 11 is 3.52. The number of aromatic nitrogens is 2. The Labute approximate surface area is 94.0 Å². The third kappa shape index (κ3) is 3.10. The van der Waals surface area contributed by atoms with Gasteiger partial charge in [0.25, 0.3) is 0 Å². The molecule has 14 heavy (non-hydrogen) atoms. The second kappa shape index (κ2) is 6.19. The Morgan fingerprint density at radius 3 is 2.93 bits per heavy atom. The maximum atomic E-state index is 4.28. The van der Waals surface area contributed by atoms with Crippen LogP contribution in [0.5, 0.6) is 0 Å². The van der Waals surface area contributed by atoms with Crippen molar-refractivity contribution in [3.05, 3.63) is 16.4 Å². The first kappa shape index (κ1) is 11.7. The van der Waals surface area contributed by atoms with Crippen LogP contribution in [0.15, 0.2) is 10.7 Å². The van der Waals surface area contributed by atoms with Crippen LogP contribution < -0.4 is 5.32 Å². The van der Waals surface area contributed by atoms with E-state index in [1.807, 2.05) is 6.20 Å². The minimum Gasteiger partial charge on any atom is -0.317 e. The summed E-state index contributed by atoms with van der Waals surface area (Å²) in [5, 5.41) is 7.61. The van der Waals surface area contributed by atoms with Crippen LogP contribution in [-0.2, 0) is 13.0 Å². The van der Waals surface area contributed by atoms with Gasteiger partial charge in [-0.25, -0.2) is 0 Å². The Morgan fingerprint density at radius 2 is 2.29 bits per heavy atom. The van der Waals surface area contributed by atoms with Crippen molar-refractivity contribution in [3.63, 3.8) is 0 Å². The molecule has 0 fully saturated rings. The van der Waals surface area contributed by atoms with Crippen LogP contribution in [0, 0.1) is 0 Å². The quantitative estimate of drug-likeness (QED) is 0.795. The molecule has 3 nitrogen and oxygen atoms in total. The van der Waals surface area contributed by atoms with Crippen LogP contribution in [0.4, 0.5) is 0 Å². The average molecular weight is 260 g/mol. The maximum Gasteiger partial charge on any atom is 0.0635 e. The van der Waals surface area contributed by atoms with Crippen molar-refractivity contribution in [3.8, 4) is 0 Å². The van der Waals surface area contributed by atoms with Crippen LogP contribution in [0.3, 0.4) is 0 Å². The van der Waals surface area contributed by atoms with Crippen LogP contribution in [0.1, 0.15) is 26.0 Å². The molecule has 80 valence electrons. The maximum absolute atomic E-state index is 4.28. The van der Waals surface area contributed by atoms with Crippen molar-refractivity contribution in [2.45, 2.75) is 33.2 Å². The van der Waals surface area contributed by atoms with Gasteiger partial charge in [-0.15, -0.1) is 0 Å². The van der Waals surface area contributed by atoms with Crippen LogP contribution in [0.25, 0.3) is 0 Å². The first-order chi connectivity index (χ1) is 6.79.